The molecule has 1 heterocycles. The van der Waals surface area contributed by atoms with Crippen molar-refractivity contribution in [3.05, 3.63) is 86.9 Å². The molecule has 0 fully saturated rings. The number of halogens is 2. The molecule has 162 valence electrons. The molecule has 0 radical (unpaired) electrons. The fraction of sp³-hybridized carbons (Fsp3) is 0.125. The molecule has 0 spiro atoms. The quantitative estimate of drug-likeness (QED) is 0.506. The Morgan fingerprint density at radius 1 is 0.906 bits per heavy atom. The van der Waals surface area contributed by atoms with Gasteiger partial charge in [0.15, 0.2) is 6.61 Å². The molecule has 3 aromatic rings. The summed E-state index contributed by atoms with van der Waals surface area (Å²) >= 11 is 12.0. The topological polar surface area (TPSA) is 75.7 Å². The molecule has 3 aromatic carbocycles. The van der Waals surface area contributed by atoms with Crippen LogP contribution in [0.5, 0.6) is 5.75 Å². The molecule has 1 aliphatic rings. The number of rotatable bonds is 5. The first-order chi connectivity index (χ1) is 15.2. The number of hydrogen-bond donors (Lipinski definition) is 1. The van der Waals surface area contributed by atoms with Gasteiger partial charge in [0, 0.05) is 15.7 Å². The number of fused-ring (bicyclic) bond motifs is 1. The zero-order valence-electron chi connectivity index (χ0n) is 17.2. The van der Waals surface area contributed by atoms with Gasteiger partial charge in [0.1, 0.15) is 5.75 Å². The summed E-state index contributed by atoms with van der Waals surface area (Å²) in [6.45, 7) is 3.43. The number of hydrogen-bond acceptors (Lipinski definition) is 4. The zero-order chi connectivity index (χ0) is 23.0. The van der Waals surface area contributed by atoms with Crippen molar-refractivity contribution in [3.63, 3.8) is 0 Å². The standard InChI is InChI=1S/C24H18Cl2N2O4/c1-13-10-17(5-7-20(13)26)32-12-22(29)27-16-4-8-21(14(2)9-16)28-23(30)18-6-3-15(25)11-19(18)24(28)31/h3-11H,12H2,1-2H3,(H,27,29). The maximum Gasteiger partial charge on any atom is 0.266 e. The highest BCUT2D eigenvalue weighted by Crippen LogP contribution is 2.33. The van der Waals surface area contributed by atoms with Crippen molar-refractivity contribution in [2.24, 2.45) is 0 Å². The molecule has 0 saturated heterocycles. The van der Waals surface area contributed by atoms with E-state index in [-0.39, 0.29) is 18.1 Å². The van der Waals surface area contributed by atoms with Gasteiger partial charge < -0.3 is 10.1 Å². The number of anilines is 2. The summed E-state index contributed by atoms with van der Waals surface area (Å²) in [7, 11) is 0. The first-order valence-corrected chi connectivity index (χ1v) is 10.5. The van der Waals surface area contributed by atoms with Crippen molar-refractivity contribution >= 4 is 52.3 Å². The number of nitrogens with zero attached hydrogens (tertiary/aromatic N) is 1. The van der Waals surface area contributed by atoms with Crippen LogP contribution in [-0.2, 0) is 4.79 Å². The summed E-state index contributed by atoms with van der Waals surface area (Å²) in [5, 5.41) is 3.76. The van der Waals surface area contributed by atoms with Crippen LogP contribution in [0.1, 0.15) is 31.8 Å². The molecule has 0 unspecified atom stereocenters. The molecule has 0 bridgehead atoms. The summed E-state index contributed by atoms with van der Waals surface area (Å²) in [4.78, 5) is 39.0. The monoisotopic (exact) mass is 468 g/mol. The molecule has 0 atom stereocenters. The summed E-state index contributed by atoms with van der Waals surface area (Å²) in [6, 6.07) is 14.7. The van der Waals surface area contributed by atoms with E-state index in [1.807, 2.05) is 6.92 Å². The number of amides is 3. The molecule has 0 aliphatic carbocycles. The van der Waals surface area contributed by atoms with Gasteiger partial charge in [-0.2, -0.15) is 0 Å². The second kappa shape index (κ2) is 8.65. The Hall–Kier alpha value is -3.35. The fourth-order valence-corrected chi connectivity index (χ4v) is 3.76. The van der Waals surface area contributed by atoms with Crippen LogP contribution in [0.3, 0.4) is 0 Å². The van der Waals surface area contributed by atoms with E-state index in [0.29, 0.717) is 38.3 Å². The first-order valence-electron chi connectivity index (χ1n) is 9.72. The van der Waals surface area contributed by atoms with E-state index in [1.165, 1.54) is 6.07 Å². The zero-order valence-corrected chi connectivity index (χ0v) is 18.8. The van der Waals surface area contributed by atoms with E-state index in [1.54, 1.807) is 55.5 Å². The van der Waals surface area contributed by atoms with Crippen molar-refractivity contribution in [1.82, 2.24) is 0 Å². The van der Waals surface area contributed by atoms with E-state index < -0.39 is 11.8 Å². The van der Waals surface area contributed by atoms with Gasteiger partial charge in [0.25, 0.3) is 17.7 Å². The van der Waals surface area contributed by atoms with Crippen LogP contribution < -0.4 is 15.0 Å². The lowest BCUT2D eigenvalue weighted by molar-refractivity contribution is -0.118. The van der Waals surface area contributed by atoms with Crippen LogP contribution in [0.4, 0.5) is 11.4 Å². The molecule has 3 amide bonds. The van der Waals surface area contributed by atoms with Crippen molar-refractivity contribution in [3.8, 4) is 5.75 Å². The SMILES string of the molecule is Cc1cc(OCC(=O)Nc2ccc(N3C(=O)c4ccc(Cl)cc4C3=O)c(C)c2)ccc1Cl. The molecule has 0 aromatic heterocycles. The molecule has 1 N–H and O–H groups in total. The number of ether oxygens (including phenoxy) is 1. The van der Waals surface area contributed by atoms with Gasteiger partial charge >= 0.3 is 0 Å². The van der Waals surface area contributed by atoms with Gasteiger partial charge in [-0.05, 0) is 79.6 Å². The molecule has 1 aliphatic heterocycles. The van der Waals surface area contributed by atoms with E-state index >= 15 is 0 Å². The second-order valence-corrected chi connectivity index (χ2v) is 8.23. The fourth-order valence-electron chi connectivity index (χ4n) is 3.47. The Morgan fingerprint density at radius 2 is 1.66 bits per heavy atom. The number of imide groups is 1. The highest BCUT2D eigenvalue weighted by Gasteiger charge is 2.37. The van der Waals surface area contributed by atoms with Crippen molar-refractivity contribution in [1.29, 1.82) is 0 Å². The lowest BCUT2D eigenvalue weighted by Gasteiger charge is -2.17. The van der Waals surface area contributed by atoms with Crippen molar-refractivity contribution in [2.75, 3.05) is 16.8 Å². The smallest absolute Gasteiger partial charge is 0.266 e. The van der Waals surface area contributed by atoms with E-state index in [9.17, 15) is 14.4 Å². The van der Waals surface area contributed by atoms with Crippen LogP contribution in [0.15, 0.2) is 54.6 Å². The molecular weight excluding hydrogens is 451 g/mol. The minimum atomic E-state index is -0.431. The molecular formula is C24H18Cl2N2O4. The molecule has 0 saturated carbocycles. The summed E-state index contributed by atoms with van der Waals surface area (Å²) in [6.07, 6.45) is 0. The average molecular weight is 469 g/mol. The van der Waals surface area contributed by atoms with Crippen molar-refractivity contribution < 1.29 is 19.1 Å². The molecule has 6 nitrogen and oxygen atoms in total. The van der Waals surface area contributed by atoms with E-state index in [0.717, 1.165) is 10.5 Å². The third kappa shape index (κ3) is 4.20. The maximum absolute atomic E-state index is 12.8. The highest BCUT2D eigenvalue weighted by atomic mass is 35.5. The van der Waals surface area contributed by atoms with Crippen LogP contribution in [0, 0.1) is 13.8 Å². The van der Waals surface area contributed by atoms with E-state index in [2.05, 4.69) is 5.32 Å². The first kappa shape index (κ1) is 21.9. The maximum atomic E-state index is 12.8. The Balaban J connectivity index is 1.45. The van der Waals surface area contributed by atoms with Gasteiger partial charge in [-0.15, -0.1) is 0 Å². The van der Waals surface area contributed by atoms with Crippen LogP contribution in [0.25, 0.3) is 0 Å². The predicted octanol–water partition coefficient (Wildman–Crippen LogP) is 5.43. The Morgan fingerprint density at radius 3 is 2.38 bits per heavy atom. The Labute approximate surface area is 194 Å². The van der Waals surface area contributed by atoms with Gasteiger partial charge in [0.05, 0.1) is 16.8 Å². The van der Waals surface area contributed by atoms with Crippen molar-refractivity contribution in [2.45, 2.75) is 13.8 Å². The molecule has 4 rings (SSSR count). The third-order valence-corrected chi connectivity index (χ3v) is 5.73. The number of benzene rings is 3. The van der Waals surface area contributed by atoms with Gasteiger partial charge in [-0.25, -0.2) is 4.90 Å². The predicted molar refractivity (Wildman–Crippen MR) is 124 cm³/mol. The largest absolute Gasteiger partial charge is 0.484 e. The number of aryl methyl sites for hydroxylation is 2. The third-order valence-electron chi connectivity index (χ3n) is 5.07. The van der Waals surface area contributed by atoms with Gasteiger partial charge in [-0.3, -0.25) is 14.4 Å². The van der Waals surface area contributed by atoms with Crippen LogP contribution >= 0.6 is 23.2 Å². The minimum Gasteiger partial charge on any atom is -0.484 e. The Kier molecular flexibility index (Phi) is 5.91. The average Bonchev–Trinajstić information content (AvgIpc) is 2.99. The van der Waals surface area contributed by atoms with Crippen LogP contribution in [0.2, 0.25) is 10.0 Å². The minimum absolute atomic E-state index is 0.180. The van der Waals surface area contributed by atoms with E-state index in [4.69, 9.17) is 27.9 Å². The van der Waals surface area contributed by atoms with Crippen LogP contribution in [-0.4, -0.2) is 24.3 Å². The number of carbonyl (C=O) groups excluding carboxylic acids is 3. The summed E-state index contributed by atoms with van der Waals surface area (Å²) in [5.74, 6) is -0.647. The highest BCUT2D eigenvalue weighted by molar-refractivity contribution is 6.37. The lowest BCUT2D eigenvalue weighted by Crippen LogP contribution is -2.30. The summed E-state index contributed by atoms with van der Waals surface area (Å²) < 4.78 is 5.51. The number of nitrogens with one attached hydrogen (secondary N) is 1. The summed E-state index contributed by atoms with van der Waals surface area (Å²) in [5.41, 5.74) is 3.05. The second-order valence-electron chi connectivity index (χ2n) is 7.38. The number of carbonyl (C=O) groups is 3. The van der Waals surface area contributed by atoms with Gasteiger partial charge in [-0.1, -0.05) is 23.2 Å². The molecule has 8 heteroatoms. The lowest BCUT2D eigenvalue weighted by atomic mass is 10.1. The normalized spacial score (nSPS) is 12.7. The molecule has 32 heavy (non-hydrogen) atoms. The Bertz CT molecular complexity index is 1270. The van der Waals surface area contributed by atoms with Gasteiger partial charge in [0.2, 0.25) is 0 Å².